The van der Waals surface area contributed by atoms with Crippen LogP contribution < -0.4 is 14.8 Å². The Bertz CT molecular complexity index is 658. The summed E-state index contributed by atoms with van der Waals surface area (Å²) in [6, 6.07) is 14.2. The van der Waals surface area contributed by atoms with Gasteiger partial charge in [0.05, 0.1) is 7.11 Å². The molecule has 0 atom stereocenters. The molecule has 0 amide bonds. The van der Waals surface area contributed by atoms with Crippen molar-refractivity contribution in [2.75, 3.05) is 33.3 Å². The molecule has 1 N–H and O–H groups in total. The highest BCUT2D eigenvalue weighted by molar-refractivity contribution is 9.10. The maximum absolute atomic E-state index is 5.96. The Morgan fingerprint density at radius 1 is 1.08 bits per heavy atom. The van der Waals surface area contributed by atoms with Crippen molar-refractivity contribution in [3.05, 3.63) is 58.1 Å². The summed E-state index contributed by atoms with van der Waals surface area (Å²) in [5.41, 5.74) is 2.36. The highest BCUT2D eigenvalue weighted by Crippen LogP contribution is 2.34. The van der Waals surface area contributed by atoms with Crippen molar-refractivity contribution in [2.45, 2.75) is 13.2 Å². The van der Waals surface area contributed by atoms with E-state index in [1.165, 1.54) is 5.56 Å². The van der Waals surface area contributed by atoms with Crippen LogP contribution in [0.1, 0.15) is 11.1 Å². The predicted molar refractivity (Wildman–Crippen MR) is 99.6 cm³/mol. The summed E-state index contributed by atoms with van der Waals surface area (Å²) >= 11 is 3.69. The number of halogens is 1. The standard InChI is InChI=1S/C19H23BrN2O2/c1-23-18-11-16(13-22-9-7-21-8-10-22)17(20)12-19(18)24-14-15-5-3-2-4-6-15/h2-6,11-12,21H,7-10,13-14H2,1H3. The highest BCUT2D eigenvalue weighted by atomic mass is 79.9. The van der Waals surface area contributed by atoms with Crippen molar-refractivity contribution in [3.63, 3.8) is 0 Å². The third kappa shape index (κ3) is 4.50. The Hall–Kier alpha value is -1.56. The topological polar surface area (TPSA) is 33.7 Å². The van der Waals surface area contributed by atoms with Crippen LogP contribution in [-0.2, 0) is 13.2 Å². The lowest BCUT2D eigenvalue weighted by molar-refractivity contribution is 0.232. The van der Waals surface area contributed by atoms with Crippen molar-refractivity contribution < 1.29 is 9.47 Å². The summed E-state index contributed by atoms with van der Waals surface area (Å²) in [6.45, 7) is 5.68. The third-order valence-electron chi connectivity index (χ3n) is 4.17. The molecule has 1 saturated heterocycles. The highest BCUT2D eigenvalue weighted by Gasteiger charge is 2.15. The van der Waals surface area contributed by atoms with Crippen molar-refractivity contribution in [2.24, 2.45) is 0 Å². The minimum absolute atomic E-state index is 0.529. The zero-order valence-corrected chi connectivity index (χ0v) is 15.5. The van der Waals surface area contributed by atoms with Crippen LogP contribution in [0.3, 0.4) is 0 Å². The van der Waals surface area contributed by atoms with Gasteiger partial charge in [-0.15, -0.1) is 0 Å². The zero-order valence-electron chi connectivity index (χ0n) is 13.9. The fourth-order valence-electron chi connectivity index (χ4n) is 2.82. The van der Waals surface area contributed by atoms with Gasteiger partial charge in [0.1, 0.15) is 6.61 Å². The molecule has 0 aliphatic carbocycles. The van der Waals surface area contributed by atoms with Crippen molar-refractivity contribution in [1.29, 1.82) is 0 Å². The van der Waals surface area contributed by atoms with Crippen LogP contribution in [0.5, 0.6) is 11.5 Å². The van der Waals surface area contributed by atoms with Gasteiger partial charge < -0.3 is 14.8 Å². The van der Waals surface area contributed by atoms with Gasteiger partial charge in [-0.1, -0.05) is 46.3 Å². The summed E-state index contributed by atoms with van der Waals surface area (Å²) in [6.07, 6.45) is 0. The number of rotatable bonds is 6. The number of hydrogen-bond donors (Lipinski definition) is 1. The summed E-state index contributed by atoms with van der Waals surface area (Å²) in [5, 5.41) is 3.38. The van der Waals surface area contributed by atoms with Crippen LogP contribution in [0.2, 0.25) is 0 Å². The van der Waals surface area contributed by atoms with Crippen LogP contribution in [-0.4, -0.2) is 38.2 Å². The maximum Gasteiger partial charge on any atom is 0.162 e. The van der Waals surface area contributed by atoms with E-state index in [1.807, 2.05) is 24.3 Å². The molecule has 0 unspecified atom stereocenters. The van der Waals surface area contributed by atoms with E-state index in [4.69, 9.17) is 9.47 Å². The molecule has 0 spiro atoms. The molecule has 3 rings (SSSR count). The van der Waals surface area contributed by atoms with Crippen LogP contribution in [0.4, 0.5) is 0 Å². The summed E-state index contributed by atoms with van der Waals surface area (Å²) in [4.78, 5) is 2.44. The van der Waals surface area contributed by atoms with Gasteiger partial charge in [-0.2, -0.15) is 0 Å². The maximum atomic E-state index is 5.96. The fourth-order valence-corrected chi connectivity index (χ4v) is 3.26. The molecule has 24 heavy (non-hydrogen) atoms. The SMILES string of the molecule is COc1cc(CN2CCNCC2)c(Br)cc1OCc1ccccc1. The first-order valence-electron chi connectivity index (χ1n) is 8.22. The number of methoxy groups -OCH3 is 1. The first kappa shape index (κ1) is 17.3. The Morgan fingerprint density at radius 3 is 2.54 bits per heavy atom. The monoisotopic (exact) mass is 390 g/mol. The van der Waals surface area contributed by atoms with Gasteiger partial charge in [0, 0.05) is 37.2 Å². The van der Waals surface area contributed by atoms with E-state index in [0.29, 0.717) is 6.61 Å². The second-order valence-corrected chi connectivity index (χ2v) is 6.75. The molecule has 0 radical (unpaired) electrons. The first-order valence-corrected chi connectivity index (χ1v) is 9.02. The second kappa shape index (κ2) is 8.51. The lowest BCUT2D eigenvalue weighted by Gasteiger charge is -2.27. The molecule has 5 heteroatoms. The lowest BCUT2D eigenvalue weighted by atomic mass is 10.1. The molecule has 1 heterocycles. The Morgan fingerprint density at radius 2 is 1.83 bits per heavy atom. The summed E-state index contributed by atoms with van der Waals surface area (Å²) < 4.78 is 12.6. The molecular formula is C19H23BrN2O2. The van der Waals surface area contributed by atoms with Crippen LogP contribution in [0, 0.1) is 0 Å². The van der Waals surface area contributed by atoms with Gasteiger partial charge in [-0.25, -0.2) is 0 Å². The number of nitrogens with zero attached hydrogens (tertiary/aromatic N) is 1. The molecule has 1 aliphatic heterocycles. The minimum Gasteiger partial charge on any atom is -0.493 e. The average molecular weight is 391 g/mol. The molecule has 2 aromatic rings. The molecular weight excluding hydrogens is 368 g/mol. The van der Waals surface area contributed by atoms with Gasteiger partial charge >= 0.3 is 0 Å². The van der Waals surface area contributed by atoms with E-state index in [9.17, 15) is 0 Å². The summed E-state index contributed by atoms with van der Waals surface area (Å²) in [7, 11) is 1.69. The van der Waals surface area contributed by atoms with Crippen molar-refractivity contribution in [3.8, 4) is 11.5 Å². The molecule has 2 aromatic carbocycles. The third-order valence-corrected chi connectivity index (χ3v) is 4.91. The molecule has 1 aliphatic rings. The van der Waals surface area contributed by atoms with Crippen LogP contribution in [0.15, 0.2) is 46.9 Å². The number of nitrogens with one attached hydrogen (secondary N) is 1. The number of hydrogen-bond acceptors (Lipinski definition) is 4. The van der Waals surface area contributed by atoms with E-state index >= 15 is 0 Å². The predicted octanol–water partition coefficient (Wildman–Crippen LogP) is 3.44. The van der Waals surface area contributed by atoms with E-state index in [-0.39, 0.29) is 0 Å². The number of benzene rings is 2. The number of piperazine rings is 1. The normalized spacial score (nSPS) is 15.2. The molecule has 128 valence electrons. The van der Waals surface area contributed by atoms with E-state index in [1.54, 1.807) is 7.11 Å². The van der Waals surface area contributed by atoms with Crippen LogP contribution >= 0.6 is 15.9 Å². The Balaban J connectivity index is 1.71. The molecule has 0 bridgehead atoms. The molecule has 1 fully saturated rings. The lowest BCUT2D eigenvalue weighted by Crippen LogP contribution is -2.42. The van der Waals surface area contributed by atoms with Gasteiger partial charge in [0.15, 0.2) is 11.5 Å². The quantitative estimate of drug-likeness (QED) is 0.818. The number of ether oxygens (including phenoxy) is 2. The summed E-state index contributed by atoms with van der Waals surface area (Å²) in [5.74, 6) is 1.54. The van der Waals surface area contributed by atoms with Gasteiger partial charge in [-0.05, 0) is 23.3 Å². The average Bonchev–Trinajstić information content (AvgIpc) is 2.63. The largest absolute Gasteiger partial charge is 0.493 e. The van der Waals surface area contributed by atoms with E-state index < -0.39 is 0 Å². The zero-order chi connectivity index (χ0) is 16.8. The first-order chi connectivity index (χ1) is 11.8. The van der Waals surface area contributed by atoms with Crippen molar-refractivity contribution >= 4 is 15.9 Å². The Labute approximate surface area is 151 Å². The van der Waals surface area contributed by atoms with Crippen LogP contribution in [0.25, 0.3) is 0 Å². The van der Waals surface area contributed by atoms with E-state index in [2.05, 4.69) is 44.3 Å². The molecule has 0 saturated carbocycles. The second-order valence-electron chi connectivity index (χ2n) is 5.89. The van der Waals surface area contributed by atoms with Gasteiger partial charge in [0.2, 0.25) is 0 Å². The van der Waals surface area contributed by atoms with Gasteiger partial charge in [0.25, 0.3) is 0 Å². The van der Waals surface area contributed by atoms with Crippen molar-refractivity contribution in [1.82, 2.24) is 10.2 Å². The minimum atomic E-state index is 0.529. The molecule has 0 aromatic heterocycles. The fraction of sp³-hybridized carbons (Fsp3) is 0.368. The van der Waals surface area contributed by atoms with Gasteiger partial charge in [-0.3, -0.25) is 4.90 Å². The van der Waals surface area contributed by atoms with E-state index in [0.717, 1.165) is 54.3 Å². The molecule has 4 nitrogen and oxygen atoms in total. The Kier molecular flexibility index (Phi) is 6.12. The smallest absolute Gasteiger partial charge is 0.162 e.